The van der Waals surface area contributed by atoms with Crippen LogP contribution < -0.4 is 4.90 Å². The van der Waals surface area contributed by atoms with Gasteiger partial charge in [0.2, 0.25) is 0 Å². The molecule has 21 heavy (non-hydrogen) atoms. The second-order valence-corrected chi connectivity index (χ2v) is 6.73. The molecule has 1 saturated heterocycles. The van der Waals surface area contributed by atoms with Gasteiger partial charge in [-0.1, -0.05) is 33.6 Å². The first kappa shape index (κ1) is 16.1. The standard InChI is InChI=1S/C19H29NO/c1-4-19(21)17-7-9-18(10-8-17)20-13-11-16(12-14-20)6-5-15(2)3/h7-10,15-16H,4-6,11-14H2,1-3H3. The average molecular weight is 287 g/mol. The van der Waals surface area contributed by atoms with Crippen molar-refractivity contribution in [1.82, 2.24) is 0 Å². The number of piperidine rings is 1. The highest BCUT2D eigenvalue weighted by molar-refractivity contribution is 5.96. The molecule has 1 aromatic carbocycles. The molecule has 1 aliphatic rings. The molecule has 0 unspecified atom stereocenters. The molecule has 0 atom stereocenters. The maximum absolute atomic E-state index is 11.7. The van der Waals surface area contributed by atoms with Gasteiger partial charge in [-0.25, -0.2) is 0 Å². The molecule has 2 heteroatoms. The second kappa shape index (κ2) is 7.63. The number of hydrogen-bond acceptors (Lipinski definition) is 2. The van der Waals surface area contributed by atoms with E-state index in [0.29, 0.717) is 6.42 Å². The van der Waals surface area contributed by atoms with E-state index in [1.54, 1.807) is 0 Å². The van der Waals surface area contributed by atoms with Crippen LogP contribution in [0.1, 0.15) is 63.2 Å². The van der Waals surface area contributed by atoms with Crippen LogP contribution in [0.2, 0.25) is 0 Å². The number of benzene rings is 1. The molecule has 0 amide bonds. The molecule has 1 heterocycles. The predicted octanol–water partition coefficient (Wildman–Crippen LogP) is 4.93. The number of carbonyl (C=O) groups excluding carboxylic acids is 1. The SMILES string of the molecule is CCC(=O)c1ccc(N2CCC(CCC(C)C)CC2)cc1. The fourth-order valence-electron chi connectivity index (χ4n) is 3.11. The Bertz CT molecular complexity index is 441. The van der Waals surface area contributed by atoms with Gasteiger partial charge in [0.25, 0.3) is 0 Å². The summed E-state index contributed by atoms with van der Waals surface area (Å²) in [4.78, 5) is 14.1. The minimum atomic E-state index is 0.231. The lowest BCUT2D eigenvalue weighted by Gasteiger charge is -2.34. The third kappa shape index (κ3) is 4.59. The van der Waals surface area contributed by atoms with Gasteiger partial charge in [-0.2, -0.15) is 0 Å². The molecule has 0 bridgehead atoms. The number of anilines is 1. The second-order valence-electron chi connectivity index (χ2n) is 6.73. The molecule has 0 aliphatic carbocycles. The lowest BCUT2D eigenvalue weighted by molar-refractivity contribution is 0.0988. The highest BCUT2D eigenvalue weighted by Gasteiger charge is 2.19. The Morgan fingerprint density at radius 2 is 1.81 bits per heavy atom. The van der Waals surface area contributed by atoms with E-state index in [-0.39, 0.29) is 5.78 Å². The summed E-state index contributed by atoms with van der Waals surface area (Å²) in [5.74, 6) is 1.96. The molecule has 1 aromatic rings. The third-order valence-electron chi connectivity index (χ3n) is 4.64. The van der Waals surface area contributed by atoms with Gasteiger partial charge in [-0.05, 0) is 48.9 Å². The monoisotopic (exact) mass is 287 g/mol. The van der Waals surface area contributed by atoms with E-state index in [9.17, 15) is 4.79 Å². The van der Waals surface area contributed by atoms with Crippen LogP contribution in [0, 0.1) is 11.8 Å². The van der Waals surface area contributed by atoms with Crippen molar-refractivity contribution in [2.75, 3.05) is 18.0 Å². The molecular formula is C19H29NO. The largest absolute Gasteiger partial charge is 0.372 e. The highest BCUT2D eigenvalue weighted by Crippen LogP contribution is 2.27. The molecule has 0 N–H and O–H groups in total. The molecule has 0 spiro atoms. The fraction of sp³-hybridized carbons (Fsp3) is 0.632. The Morgan fingerprint density at radius 3 is 2.33 bits per heavy atom. The van der Waals surface area contributed by atoms with E-state index in [1.165, 1.54) is 31.4 Å². The number of hydrogen-bond donors (Lipinski definition) is 0. The third-order valence-corrected chi connectivity index (χ3v) is 4.64. The topological polar surface area (TPSA) is 20.3 Å². The molecule has 0 saturated carbocycles. The van der Waals surface area contributed by atoms with E-state index in [0.717, 1.165) is 30.5 Å². The summed E-state index contributed by atoms with van der Waals surface area (Å²) in [6, 6.07) is 8.17. The number of Topliss-reactive ketones (excluding diaryl/α,β-unsaturated/α-hetero) is 1. The molecular weight excluding hydrogens is 258 g/mol. The Balaban J connectivity index is 1.86. The maximum atomic E-state index is 11.7. The van der Waals surface area contributed by atoms with Gasteiger partial charge >= 0.3 is 0 Å². The zero-order valence-electron chi connectivity index (χ0n) is 13.8. The minimum absolute atomic E-state index is 0.231. The highest BCUT2D eigenvalue weighted by atomic mass is 16.1. The Labute approximate surface area is 129 Å². The van der Waals surface area contributed by atoms with Gasteiger partial charge < -0.3 is 4.90 Å². The van der Waals surface area contributed by atoms with Crippen LogP contribution in [-0.4, -0.2) is 18.9 Å². The van der Waals surface area contributed by atoms with Gasteiger partial charge in [0.05, 0.1) is 0 Å². The lowest BCUT2D eigenvalue weighted by atomic mass is 9.89. The molecule has 2 nitrogen and oxygen atoms in total. The number of nitrogens with zero attached hydrogens (tertiary/aromatic N) is 1. The van der Waals surface area contributed by atoms with Crippen LogP contribution in [0.3, 0.4) is 0 Å². The minimum Gasteiger partial charge on any atom is -0.372 e. The maximum Gasteiger partial charge on any atom is 0.162 e. The van der Waals surface area contributed by atoms with Crippen LogP contribution >= 0.6 is 0 Å². The van der Waals surface area contributed by atoms with E-state index in [4.69, 9.17) is 0 Å². The Hall–Kier alpha value is -1.31. The Kier molecular flexibility index (Phi) is 5.84. The van der Waals surface area contributed by atoms with Crippen molar-refractivity contribution in [3.8, 4) is 0 Å². The first-order chi connectivity index (χ1) is 10.1. The average Bonchev–Trinajstić information content (AvgIpc) is 2.53. The quantitative estimate of drug-likeness (QED) is 0.691. The summed E-state index contributed by atoms with van der Waals surface area (Å²) in [7, 11) is 0. The molecule has 1 aliphatic heterocycles. The first-order valence-corrected chi connectivity index (χ1v) is 8.48. The zero-order chi connectivity index (χ0) is 15.2. The lowest BCUT2D eigenvalue weighted by Crippen LogP contribution is -2.33. The summed E-state index contributed by atoms with van der Waals surface area (Å²) in [6.07, 6.45) is 5.94. The number of rotatable bonds is 6. The molecule has 116 valence electrons. The Morgan fingerprint density at radius 1 is 1.19 bits per heavy atom. The van der Waals surface area contributed by atoms with Crippen molar-refractivity contribution in [3.63, 3.8) is 0 Å². The van der Waals surface area contributed by atoms with Crippen molar-refractivity contribution in [2.45, 2.75) is 52.9 Å². The molecule has 1 fully saturated rings. The first-order valence-electron chi connectivity index (χ1n) is 8.48. The van der Waals surface area contributed by atoms with Crippen LogP contribution in [0.25, 0.3) is 0 Å². The van der Waals surface area contributed by atoms with Gasteiger partial charge in [-0.15, -0.1) is 0 Å². The van der Waals surface area contributed by atoms with Crippen molar-refractivity contribution < 1.29 is 4.79 Å². The van der Waals surface area contributed by atoms with E-state index >= 15 is 0 Å². The van der Waals surface area contributed by atoms with Crippen LogP contribution in [0.5, 0.6) is 0 Å². The normalized spacial score (nSPS) is 16.5. The fourth-order valence-corrected chi connectivity index (χ4v) is 3.11. The smallest absolute Gasteiger partial charge is 0.162 e. The van der Waals surface area contributed by atoms with Crippen LogP contribution in [-0.2, 0) is 0 Å². The van der Waals surface area contributed by atoms with Gasteiger partial charge in [-0.3, -0.25) is 4.79 Å². The summed E-state index contributed by atoms with van der Waals surface area (Å²) >= 11 is 0. The molecule has 0 aromatic heterocycles. The van der Waals surface area contributed by atoms with Crippen molar-refractivity contribution in [2.24, 2.45) is 11.8 Å². The van der Waals surface area contributed by atoms with Crippen molar-refractivity contribution in [3.05, 3.63) is 29.8 Å². The zero-order valence-corrected chi connectivity index (χ0v) is 13.8. The van der Waals surface area contributed by atoms with Gasteiger partial charge in [0.15, 0.2) is 5.78 Å². The van der Waals surface area contributed by atoms with Crippen LogP contribution in [0.15, 0.2) is 24.3 Å². The van der Waals surface area contributed by atoms with Crippen molar-refractivity contribution in [1.29, 1.82) is 0 Å². The molecule has 2 rings (SSSR count). The number of carbonyl (C=O) groups is 1. The van der Waals surface area contributed by atoms with Gasteiger partial charge in [0.1, 0.15) is 0 Å². The number of ketones is 1. The van der Waals surface area contributed by atoms with Crippen molar-refractivity contribution >= 4 is 11.5 Å². The predicted molar refractivity (Wildman–Crippen MR) is 90.1 cm³/mol. The van der Waals surface area contributed by atoms with E-state index in [1.807, 2.05) is 19.1 Å². The summed E-state index contributed by atoms with van der Waals surface area (Å²) in [5, 5.41) is 0. The summed E-state index contributed by atoms with van der Waals surface area (Å²) in [6.45, 7) is 8.86. The van der Waals surface area contributed by atoms with E-state index < -0.39 is 0 Å². The summed E-state index contributed by atoms with van der Waals surface area (Å²) < 4.78 is 0. The van der Waals surface area contributed by atoms with E-state index in [2.05, 4.69) is 30.9 Å². The van der Waals surface area contributed by atoms with Gasteiger partial charge in [0, 0.05) is 30.8 Å². The summed E-state index contributed by atoms with van der Waals surface area (Å²) in [5.41, 5.74) is 2.11. The van der Waals surface area contributed by atoms with Crippen LogP contribution in [0.4, 0.5) is 5.69 Å². The molecule has 0 radical (unpaired) electrons.